The molecule has 4 nitrogen and oxygen atoms in total. The smallest absolute Gasteiger partial charge is 0.259 e. The van der Waals surface area contributed by atoms with Crippen LogP contribution in [0.2, 0.25) is 0 Å². The van der Waals surface area contributed by atoms with Gasteiger partial charge in [0.15, 0.2) is 0 Å². The molecular weight excluding hydrogens is 264 g/mol. The monoisotopic (exact) mass is 282 g/mol. The highest BCUT2D eigenvalue weighted by molar-refractivity contribution is 6.05. The van der Waals surface area contributed by atoms with Gasteiger partial charge in [-0.15, -0.1) is 0 Å². The second-order valence-electron chi connectivity index (χ2n) is 4.62. The lowest BCUT2D eigenvalue weighted by molar-refractivity contribution is 0.102. The zero-order valence-corrected chi connectivity index (χ0v) is 12.2. The molecule has 0 unspecified atom stereocenters. The molecule has 21 heavy (non-hydrogen) atoms. The second kappa shape index (κ2) is 6.78. The molecule has 0 atom stereocenters. The summed E-state index contributed by atoms with van der Waals surface area (Å²) >= 11 is 0. The minimum Gasteiger partial charge on any atom is -0.469 e. The van der Waals surface area contributed by atoms with Crippen LogP contribution < -0.4 is 11.1 Å². The van der Waals surface area contributed by atoms with E-state index in [1.807, 2.05) is 32.0 Å². The van der Waals surface area contributed by atoms with Gasteiger partial charge in [0.25, 0.3) is 5.91 Å². The van der Waals surface area contributed by atoms with E-state index in [1.54, 1.807) is 6.07 Å². The Morgan fingerprint density at radius 1 is 1.38 bits per heavy atom. The average Bonchev–Trinajstić information content (AvgIpc) is 2.95. The van der Waals surface area contributed by atoms with Crippen LogP contribution in [0.4, 0.5) is 5.69 Å². The van der Waals surface area contributed by atoms with Crippen LogP contribution in [-0.2, 0) is 6.42 Å². The van der Waals surface area contributed by atoms with E-state index in [-0.39, 0.29) is 12.5 Å². The van der Waals surface area contributed by atoms with Crippen molar-refractivity contribution < 1.29 is 9.21 Å². The molecule has 0 radical (unpaired) electrons. The molecule has 0 aliphatic carbocycles. The molecule has 108 valence electrons. The Bertz CT molecular complexity index is 705. The number of benzene rings is 1. The largest absolute Gasteiger partial charge is 0.469 e. The van der Waals surface area contributed by atoms with E-state index in [1.165, 1.54) is 6.26 Å². The molecule has 2 aromatic rings. The number of hydrogen-bond acceptors (Lipinski definition) is 3. The standard InChI is InChI=1S/C17H18N2O2/c1-3-16-14(8-10-21-16)17(20)19-15-11-12(2)6-7-13(15)5-4-9-18/h6-8,10-11H,3,9,18H2,1-2H3,(H,19,20). The fourth-order valence-corrected chi connectivity index (χ4v) is 2.02. The van der Waals surface area contributed by atoms with Crippen LogP contribution in [-0.4, -0.2) is 12.5 Å². The Morgan fingerprint density at radius 3 is 2.90 bits per heavy atom. The third-order valence-electron chi connectivity index (χ3n) is 3.06. The van der Waals surface area contributed by atoms with Gasteiger partial charge in [0.2, 0.25) is 0 Å². The van der Waals surface area contributed by atoms with Crippen molar-refractivity contribution in [2.45, 2.75) is 20.3 Å². The lowest BCUT2D eigenvalue weighted by Gasteiger charge is -2.08. The van der Waals surface area contributed by atoms with Crippen molar-refractivity contribution in [1.82, 2.24) is 0 Å². The van der Waals surface area contributed by atoms with E-state index in [9.17, 15) is 4.79 Å². The van der Waals surface area contributed by atoms with E-state index < -0.39 is 0 Å². The van der Waals surface area contributed by atoms with Gasteiger partial charge in [0, 0.05) is 12.0 Å². The molecular formula is C17H18N2O2. The molecule has 0 saturated heterocycles. The van der Waals surface area contributed by atoms with Crippen LogP contribution in [0.25, 0.3) is 0 Å². The SMILES string of the molecule is CCc1occc1C(=O)Nc1cc(C)ccc1C#CCN. The molecule has 0 spiro atoms. The number of anilines is 1. The van der Waals surface area contributed by atoms with Crippen LogP contribution in [0.1, 0.15) is 34.2 Å². The first-order valence-electron chi connectivity index (χ1n) is 6.83. The highest BCUT2D eigenvalue weighted by atomic mass is 16.3. The number of carbonyl (C=O) groups excluding carboxylic acids is 1. The van der Waals surface area contributed by atoms with Gasteiger partial charge in [-0.2, -0.15) is 0 Å². The molecule has 0 aliphatic heterocycles. The van der Waals surface area contributed by atoms with Crippen LogP contribution in [0.5, 0.6) is 0 Å². The van der Waals surface area contributed by atoms with Crippen LogP contribution >= 0.6 is 0 Å². The maximum atomic E-state index is 12.3. The lowest BCUT2D eigenvalue weighted by atomic mass is 10.1. The third-order valence-corrected chi connectivity index (χ3v) is 3.06. The highest BCUT2D eigenvalue weighted by Gasteiger charge is 2.14. The van der Waals surface area contributed by atoms with E-state index in [4.69, 9.17) is 10.2 Å². The van der Waals surface area contributed by atoms with Crippen LogP contribution in [0.15, 0.2) is 34.9 Å². The lowest BCUT2D eigenvalue weighted by Crippen LogP contribution is -2.14. The molecule has 3 N–H and O–H groups in total. The van der Waals surface area contributed by atoms with Gasteiger partial charge < -0.3 is 15.5 Å². The van der Waals surface area contributed by atoms with Crippen molar-refractivity contribution in [3.8, 4) is 11.8 Å². The predicted molar refractivity (Wildman–Crippen MR) is 83.2 cm³/mol. The zero-order valence-electron chi connectivity index (χ0n) is 12.2. The van der Waals surface area contributed by atoms with Crippen LogP contribution in [0.3, 0.4) is 0 Å². The van der Waals surface area contributed by atoms with E-state index in [0.717, 1.165) is 11.1 Å². The molecule has 0 fully saturated rings. The number of amides is 1. The predicted octanol–water partition coefficient (Wildman–Crippen LogP) is 2.71. The van der Waals surface area contributed by atoms with Crippen molar-refractivity contribution in [2.24, 2.45) is 5.73 Å². The molecule has 4 heteroatoms. The summed E-state index contributed by atoms with van der Waals surface area (Å²) in [5.41, 5.74) is 8.43. The molecule has 1 aromatic carbocycles. The fraction of sp³-hybridized carbons (Fsp3) is 0.235. The van der Waals surface area contributed by atoms with Crippen molar-refractivity contribution in [3.63, 3.8) is 0 Å². The topological polar surface area (TPSA) is 68.3 Å². The summed E-state index contributed by atoms with van der Waals surface area (Å²) in [6.07, 6.45) is 2.20. The maximum Gasteiger partial charge on any atom is 0.259 e. The molecule has 2 rings (SSSR count). The minimum absolute atomic E-state index is 0.193. The number of nitrogens with two attached hydrogens (primary N) is 1. The van der Waals surface area contributed by atoms with Gasteiger partial charge in [-0.05, 0) is 30.7 Å². The van der Waals surface area contributed by atoms with Crippen molar-refractivity contribution in [2.75, 3.05) is 11.9 Å². The Labute approximate surface area is 124 Å². The van der Waals surface area contributed by atoms with Crippen molar-refractivity contribution >= 4 is 11.6 Å². The van der Waals surface area contributed by atoms with Gasteiger partial charge >= 0.3 is 0 Å². The summed E-state index contributed by atoms with van der Waals surface area (Å²) in [7, 11) is 0. The Morgan fingerprint density at radius 2 is 2.19 bits per heavy atom. The van der Waals surface area contributed by atoms with Gasteiger partial charge in [-0.1, -0.05) is 24.8 Å². The minimum atomic E-state index is -0.193. The number of hydrogen-bond donors (Lipinski definition) is 2. The zero-order chi connectivity index (χ0) is 15.2. The Balaban J connectivity index is 2.30. The number of carbonyl (C=O) groups is 1. The van der Waals surface area contributed by atoms with Gasteiger partial charge in [0.1, 0.15) is 5.76 Å². The number of aryl methyl sites for hydroxylation is 2. The first-order chi connectivity index (χ1) is 10.2. The van der Waals surface area contributed by atoms with Gasteiger partial charge in [-0.25, -0.2) is 0 Å². The summed E-state index contributed by atoms with van der Waals surface area (Å²) in [4.78, 5) is 12.3. The Kier molecular flexibility index (Phi) is 4.81. The van der Waals surface area contributed by atoms with Crippen molar-refractivity contribution in [3.05, 3.63) is 53.0 Å². The maximum absolute atomic E-state index is 12.3. The summed E-state index contributed by atoms with van der Waals surface area (Å²) in [5, 5.41) is 2.90. The normalized spacial score (nSPS) is 9.86. The quantitative estimate of drug-likeness (QED) is 0.850. The average molecular weight is 282 g/mol. The summed E-state index contributed by atoms with van der Waals surface area (Å²) in [6, 6.07) is 7.40. The summed E-state index contributed by atoms with van der Waals surface area (Å²) in [6.45, 7) is 4.19. The highest BCUT2D eigenvalue weighted by Crippen LogP contribution is 2.19. The van der Waals surface area contributed by atoms with E-state index in [0.29, 0.717) is 23.4 Å². The van der Waals surface area contributed by atoms with Gasteiger partial charge in [0.05, 0.1) is 24.1 Å². The number of rotatable bonds is 3. The third kappa shape index (κ3) is 3.53. The first-order valence-corrected chi connectivity index (χ1v) is 6.83. The fourth-order valence-electron chi connectivity index (χ4n) is 2.02. The van der Waals surface area contributed by atoms with Crippen LogP contribution in [0, 0.1) is 18.8 Å². The first kappa shape index (κ1) is 14.9. The molecule has 0 bridgehead atoms. The Hall–Kier alpha value is -2.51. The summed E-state index contributed by atoms with van der Waals surface area (Å²) < 4.78 is 5.29. The number of nitrogens with one attached hydrogen (secondary N) is 1. The molecule has 0 aliphatic rings. The molecule has 0 saturated carbocycles. The molecule has 1 heterocycles. The van der Waals surface area contributed by atoms with Crippen molar-refractivity contribution in [1.29, 1.82) is 0 Å². The number of furan rings is 1. The van der Waals surface area contributed by atoms with Gasteiger partial charge in [-0.3, -0.25) is 4.79 Å². The summed E-state index contributed by atoms with van der Waals surface area (Å²) in [5.74, 6) is 6.25. The molecule has 1 amide bonds. The second-order valence-corrected chi connectivity index (χ2v) is 4.62. The van der Waals surface area contributed by atoms with E-state index in [2.05, 4.69) is 17.2 Å². The molecule has 1 aromatic heterocycles. The van der Waals surface area contributed by atoms with E-state index >= 15 is 0 Å².